The Morgan fingerprint density at radius 3 is 2.26 bits per heavy atom. The van der Waals surface area contributed by atoms with Gasteiger partial charge in [0, 0.05) is 29.7 Å². The number of nitrogens with zero attached hydrogens (tertiary/aromatic N) is 1. The van der Waals surface area contributed by atoms with Gasteiger partial charge >= 0.3 is 0 Å². The summed E-state index contributed by atoms with van der Waals surface area (Å²) >= 11 is 1.66. The number of amides is 2. The molecule has 0 aliphatic heterocycles. The lowest BCUT2D eigenvalue weighted by Crippen LogP contribution is -2.50. The molecule has 0 aliphatic rings. The van der Waals surface area contributed by atoms with Gasteiger partial charge in [-0.2, -0.15) is 0 Å². The zero-order chi connectivity index (χ0) is 22.8. The molecule has 2 amide bonds. The average Bonchev–Trinajstić information content (AvgIpc) is 2.74. The molecule has 0 saturated heterocycles. The molecule has 1 N–H and O–H groups in total. The Balaban J connectivity index is 2.12. The highest BCUT2D eigenvalue weighted by Gasteiger charge is 2.28. The van der Waals surface area contributed by atoms with Crippen molar-refractivity contribution in [3.8, 4) is 5.75 Å². The first-order valence-electron chi connectivity index (χ1n) is 10.8. The number of ether oxygens (including phenoxy) is 1. The highest BCUT2D eigenvalue weighted by molar-refractivity contribution is 7.99. The van der Waals surface area contributed by atoms with Crippen LogP contribution < -0.4 is 10.1 Å². The van der Waals surface area contributed by atoms with Crippen molar-refractivity contribution in [3.63, 3.8) is 0 Å². The molecule has 0 spiro atoms. The van der Waals surface area contributed by atoms with Crippen molar-refractivity contribution in [2.24, 2.45) is 0 Å². The summed E-state index contributed by atoms with van der Waals surface area (Å²) in [7, 11) is 1.62. The van der Waals surface area contributed by atoms with Gasteiger partial charge in [-0.1, -0.05) is 36.8 Å². The molecule has 2 rings (SSSR count). The molecule has 0 heterocycles. The Bertz CT molecular complexity index is 835. The molecule has 0 aliphatic carbocycles. The number of methoxy groups -OCH3 is 1. The minimum atomic E-state index is -0.499. The molecule has 168 valence electrons. The SMILES string of the molecule is CC[C@@H](C(=O)NC(C)C)N(Cc1ccc(OC)cc1)C(=O)CCSc1ccc(C)cc1. The summed E-state index contributed by atoms with van der Waals surface area (Å²) < 4.78 is 5.23. The van der Waals surface area contributed by atoms with E-state index in [0.717, 1.165) is 16.2 Å². The zero-order valence-corrected chi connectivity index (χ0v) is 20.0. The molecule has 2 aromatic carbocycles. The molecule has 31 heavy (non-hydrogen) atoms. The van der Waals surface area contributed by atoms with Gasteiger partial charge in [0.05, 0.1) is 7.11 Å². The summed E-state index contributed by atoms with van der Waals surface area (Å²) in [6.45, 7) is 8.25. The second kappa shape index (κ2) is 12.4. The fourth-order valence-electron chi connectivity index (χ4n) is 3.26. The van der Waals surface area contributed by atoms with E-state index in [4.69, 9.17) is 4.74 Å². The summed E-state index contributed by atoms with van der Waals surface area (Å²) in [5.74, 6) is 1.32. The number of thioether (sulfide) groups is 1. The van der Waals surface area contributed by atoms with Gasteiger partial charge in [-0.25, -0.2) is 0 Å². The highest BCUT2D eigenvalue weighted by Crippen LogP contribution is 2.21. The van der Waals surface area contributed by atoms with Gasteiger partial charge in [-0.05, 0) is 57.0 Å². The van der Waals surface area contributed by atoms with Crippen molar-refractivity contribution >= 4 is 23.6 Å². The number of aryl methyl sites for hydroxylation is 1. The second-order valence-electron chi connectivity index (χ2n) is 7.87. The molecule has 6 heteroatoms. The van der Waals surface area contributed by atoms with Crippen LogP contribution in [-0.4, -0.2) is 41.7 Å². The van der Waals surface area contributed by atoms with Crippen molar-refractivity contribution in [2.75, 3.05) is 12.9 Å². The van der Waals surface area contributed by atoms with Crippen molar-refractivity contribution < 1.29 is 14.3 Å². The number of carbonyl (C=O) groups is 2. The summed E-state index contributed by atoms with van der Waals surface area (Å²) in [5.41, 5.74) is 2.18. The molecule has 0 unspecified atom stereocenters. The maximum absolute atomic E-state index is 13.2. The molecule has 2 aromatic rings. The number of hydrogen-bond donors (Lipinski definition) is 1. The van der Waals surface area contributed by atoms with Crippen LogP contribution in [0.3, 0.4) is 0 Å². The molecule has 1 atom stereocenters. The molecule has 0 bridgehead atoms. The van der Waals surface area contributed by atoms with Crippen LogP contribution in [0.15, 0.2) is 53.4 Å². The predicted octanol–water partition coefficient (Wildman–Crippen LogP) is 4.82. The number of carbonyl (C=O) groups excluding carboxylic acids is 2. The monoisotopic (exact) mass is 442 g/mol. The van der Waals surface area contributed by atoms with E-state index in [2.05, 4.69) is 36.5 Å². The third kappa shape index (κ3) is 7.94. The molecular formula is C25H34N2O3S. The Hall–Kier alpha value is -2.47. The standard InChI is InChI=1S/C25H34N2O3S/c1-6-23(25(29)26-18(2)3)27(17-20-9-11-21(30-5)12-10-20)24(28)15-16-31-22-13-7-19(4)8-14-22/h7-14,18,23H,6,15-17H2,1-5H3,(H,26,29)/t23-/m0/s1. The van der Waals surface area contributed by atoms with E-state index < -0.39 is 6.04 Å². The third-order valence-corrected chi connectivity index (χ3v) is 5.95. The first-order valence-corrected chi connectivity index (χ1v) is 11.7. The Morgan fingerprint density at radius 2 is 1.71 bits per heavy atom. The van der Waals surface area contributed by atoms with Gasteiger partial charge in [-0.15, -0.1) is 11.8 Å². The van der Waals surface area contributed by atoms with Crippen LogP contribution in [0, 0.1) is 6.92 Å². The highest BCUT2D eigenvalue weighted by atomic mass is 32.2. The minimum Gasteiger partial charge on any atom is -0.497 e. The van der Waals surface area contributed by atoms with Gasteiger partial charge in [0.25, 0.3) is 0 Å². The van der Waals surface area contributed by atoms with Crippen LogP contribution >= 0.6 is 11.8 Å². The quantitative estimate of drug-likeness (QED) is 0.507. The van der Waals surface area contributed by atoms with E-state index >= 15 is 0 Å². The average molecular weight is 443 g/mol. The first-order chi connectivity index (χ1) is 14.8. The lowest BCUT2D eigenvalue weighted by Gasteiger charge is -2.31. The van der Waals surface area contributed by atoms with Gasteiger partial charge in [0.1, 0.15) is 11.8 Å². The maximum atomic E-state index is 13.2. The lowest BCUT2D eigenvalue weighted by molar-refractivity contribution is -0.141. The van der Waals surface area contributed by atoms with E-state index in [9.17, 15) is 9.59 Å². The Morgan fingerprint density at radius 1 is 1.06 bits per heavy atom. The summed E-state index contributed by atoms with van der Waals surface area (Å²) in [6, 6.07) is 15.4. The summed E-state index contributed by atoms with van der Waals surface area (Å²) in [5, 5.41) is 2.96. The number of nitrogens with one attached hydrogen (secondary N) is 1. The van der Waals surface area contributed by atoms with Gasteiger partial charge < -0.3 is 15.0 Å². The molecule has 0 fully saturated rings. The van der Waals surface area contributed by atoms with Crippen molar-refractivity contribution in [1.29, 1.82) is 0 Å². The first kappa shape index (κ1) is 24.8. The van der Waals surface area contributed by atoms with Crippen molar-refractivity contribution in [1.82, 2.24) is 10.2 Å². The van der Waals surface area contributed by atoms with Gasteiger partial charge in [-0.3, -0.25) is 9.59 Å². The number of benzene rings is 2. The second-order valence-corrected chi connectivity index (χ2v) is 9.04. The van der Waals surface area contributed by atoms with Crippen LogP contribution in [0.25, 0.3) is 0 Å². The molecule has 0 aromatic heterocycles. The van der Waals surface area contributed by atoms with Crippen molar-refractivity contribution in [3.05, 3.63) is 59.7 Å². The Labute approximate surface area is 190 Å². The molecule has 5 nitrogen and oxygen atoms in total. The fraction of sp³-hybridized carbons (Fsp3) is 0.440. The summed E-state index contributed by atoms with van der Waals surface area (Å²) in [6.07, 6.45) is 0.936. The van der Waals surface area contributed by atoms with E-state index in [-0.39, 0.29) is 17.9 Å². The van der Waals surface area contributed by atoms with E-state index in [1.165, 1.54) is 5.56 Å². The lowest BCUT2D eigenvalue weighted by atomic mass is 10.1. The Kier molecular flexibility index (Phi) is 9.92. The zero-order valence-electron chi connectivity index (χ0n) is 19.2. The molecule has 0 radical (unpaired) electrons. The van der Waals surface area contributed by atoms with Crippen LogP contribution in [0.4, 0.5) is 0 Å². The normalized spacial score (nSPS) is 11.8. The predicted molar refractivity (Wildman–Crippen MR) is 127 cm³/mol. The topological polar surface area (TPSA) is 58.6 Å². The van der Waals surface area contributed by atoms with Crippen molar-refractivity contribution in [2.45, 2.75) is 64.1 Å². The molecule has 0 saturated carbocycles. The third-order valence-electron chi connectivity index (χ3n) is 4.93. The van der Waals surface area contributed by atoms with E-state index in [0.29, 0.717) is 25.1 Å². The minimum absolute atomic E-state index is 0.0128. The van der Waals surface area contributed by atoms with Crippen LogP contribution in [0.5, 0.6) is 5.75 Å². The maximum Gasteiger partial charge on any atom is 0.243 e. The van der Waals surface area contributed by atoms with Crippen LogP contribution in [-0.2, 0) is 16.1 Å². The number of hydrogen-bond acceptors (Lipinski definition) is 4. The largest absolute Gasteiger partial charge is 0.497 e. The molecular weight excluding hydrogens is 408 g/mol. The van der Waals surface area contributed by atoms with Crippen LogP contribution in [0.1, 0.15) is 44.7 Å². The van der Waals surface area contributed by atoms with E-state index in [1.807, 2.05) is 45.0 Å². The smallest absolute Gasteiger partial charge is 0.243 e. The van der Waals surface area contributed by atoms with Gasteiger partial charge in [0.15, 0.2) is 0 Å². The number of rotatable bonds is 11. The fourth-order valence-corrected chi connectivity index (χ4v) is 4.10. The van der Waals surface area contributed by atoms with Gasteiger partial charge in [0.2, 0.25) is 11.8 Å². The van der Waals surface area contributed by atoms with E-state index in [1.54, 1.807) is 23.8 Å². The van der Waals surface area contributed by atoms with Crippen LogP contribution in [0.2, 0.25) is 0 Å². The summed E-state index contributed by atoms with van der Waals surface area (Å²) in [4.78, 5) is 28.9.